The van der Waals surface area contributed by atoms with E-state index in [9.17, 15) is 31.1 Å². The summed E-state index contributed by atoms with van der Waals surface area (Å²) in [5.41, 5.74) is -0.242. The van der Waals surface area contributed by atoms with Crippen molar-refractivity contribution >= 4 is 16.7 Å². The molecule has 1 aliphatic heterocycles. The van der Waals surface area contributed by atoms with E-state index in [0.717, 1.165) is 19.4 Å². The summed E-state index contributed by atoms with van der Waals surface area (Å²) in [7, 11) is 0. The van der Waals surface area contributed by atoms with E-state index in [-0.39, 0.29) is 49.2 Å². The molecule has 10 heteroatoms. The third kappa shape index (κ3) is 6.44. The molecule has 36 heavy (non-hydrogen) atoms. The number of alkyl halides is 6. The van der Waals surface area contributed by atoms with Gasteiger partial charge in [-0.1, -0.05) is 18.2 Å². The number of nitrogens with zero attached hydrogens (tertiary/aromatic N) is 1. The molecule has 0 unspecified atom stereocenters. The Bertz CT molecular complexity index is 1080. The average molecular weight is 518 g/mol. The lowest BCUT2D eigenvalue weighted by Gasteiger charge is -2.32. The zero-order valence-electron chi connectivity index (χ0n) is 19.7. The molecule has 1 heterocycles. The highest BCUT2D eigenvalue weighted by Gasteiger charge is 2.42. The molecule has 1 atom stereocenters. The van der Waals surface area contributed by atoms with Crippen molar-refractivity contribution in [1.82, 2.24) is 4.90 Å². The minimum atomic E-state index is -4.71. The summed E-state index contributed by atoms with van der Waals surface area (Å²) in [5.74, 6) is -2.65. The standard InChI is InChI=1S/C26H29F6NO3/c27-25(28,29)19-6-8-20(9-7-19)36-22-10-5-18-4-3-17(12-21(18)24(22)26(30,31)32)15-33-11-1-2-16(14-33)13-23(34)35/h3-5,10,12,16,19-20H,1-2,6-9,11,13-15H2,(H,34,35)/t16-,19?,20?/m1/s1. The molecular weight excluding hydrogens is 488 g/mol. The van der Waals surface area contributed by atoms with Gasteiger partial charge in [0.2, 0.25) is 0 Å². The largest absolute Gasteiger partial charge is 0.490 e. The van der Waals surface area contributed by atoms with Gasteiger partial charge in [0.1, 0.15) is 11.3 Å². The molecule has 1 N–H and O–H groups in total. The number of aliphatic carboxylic acids is 1. The lowest BCUT2D eigenvalue weighted by Crippen LogP contribution is -2.35. The quantitative estimate of drug-likeness (QED) is 0.418. The summed E-state index contributed by atoms with van der Waals surface area (Å²) < 4.78 is 87.2. The fraction of sp³-hybridized carbons (Fsp3) is 0.577. The van der Waals surface area contributed by atoms with Gasteiger partial charge in [-0.2, -0.15) is 26.3 Å². The fourth-order valence-corrected chi connectivity index (χ4v) is 5.49. The van der Waals surface area contributed by atoms with Gasteiger partial charge in [0.15, 0.2) is 0 Å². The topological polar surface area (TPSA) is 49.8 Å². The molecule has 0 bridgehead atoms. The second kappa shape index (κ2) is 10.5. The maximum absolute atomic E-state index is 14.2. The van der Waals surface area contributed by atoms with Crippen molar-refractivity contribution in [2.45, 2.75) is 69.9 Å². The molecule has 2 fully saturated rings. The number of hydrogen-bond donors (Lipinski definition) is 1. The van der Waals surface area contributed by atoms with Crippen molar-refractivity contribution in [1.29, 1.82) is 0 Å². The second-order valence-electron chi connectivity index (χ2n) is 9.97. The van der Waals surface area contributed by atoms with E-state index < -0.39 is 35.9 Å². The van der Waals surface area contributed by atoms with E-state index in [1.807, 2.05) is 0 Å². The van der Waals surface area contributed by atoms with Crippen LogP contribution in [0.1, 0.15) is 56.1 Å². The van der Waals surface area contributed by atoms with Gasteiger partial charge in [-0.25, -0.2) is 0 Å². The van der Waals surface area contributed by atoms with Crippen LogP contribution in [-0.4, -0.2) is 41.3 Å². The number of benzene rings is 2. The molecule has 0 radical (unpaired) electrons. The number of carbonyl (C=O) groups is 1. The third-order valence-electron chi connectivity index (χ3n) is 7.23. The molecule has 1 saturated carbocycles. The molecule has 0 spiro atoms. The summed E-state index contributed by atoms with van der Waals surface area (Å²) in [6.45, 7) is 1.71. The summed E-state index contributed by atoms with van der Waals surface area (Å²) in [5, 5.41) is 9.45. The summed E-state index contributed by atoms with van der Waals surface area (Å²) in [6.07, 6.45) is -8.24. The maximum atomic E-state index is 14.2. The number of fused-ring (bicyclic) bond motifs is 1. The summed E-state index contributed by atoms with van der Waals surface area (Å²) in [6, 6.07) is 7.67. The molecule has 2 aromatic rings. The first-order valence-electron chi connectivity index (χ1n) is 12.2. The van der Waals surface area contributed by atoms with E-state index >= 15 is 0 Å². The number of carboxylic acid groups (broad SMARTS) is 1. The predicted octanol–water partition coefficient (Wildman–Crippen LogP) is 7.05. The molecule has 4 rings (SSSR count). The molecule has 1 aliphatic carbocycles. The Hall–Kier alpha value is -2.49. The second-order valence-corrected chi connectivity index (χ2v) is 9.97. The zero-order chi connectivity index (χ0) is 26.1. The van der Waals surface area contributed by atoms with E-state index in [1.54, 1.807) is 12.1 Å². The Morgan fingerprint density at radius 1 is 1.00 bits per heavy atom. The molecule has 2 aromatic carbocycles. The van der Waals surface area contributed by atoms with Gasteiger partial charge in [-0.15, -0.1) is 0 Å². The van der Waals surface area contributed by atoms with Crippen LogP contribution >= 0.6 is 0 Å². The molecule has 0 aromatic heterocycles. The Balaban J connectivity index is 1.55. The molecule has 2 aliphatic rings. The minimum absolute atomic E-state index is 0.00915. The van der Waals surface area contributed by atoms with Crippen LogP contribution in [0, 0.1) is 11.8 Å². The SMILES string of the molecule is O=C(O)C[C@H]1CCCN(Cc2ccc3ccc(OC4CCC(C(F)(F)F)CC4)c(C(F)(F)F)c3c2)C1. The van der Waals surface area contributed by atoms with Gasteiger partial charge >= 0.3 is 18.3 Å². The van der Waals surface area contributed by atoms with Gasteiger partial charge < -0.3 is 9.84 Å². The third-order valence-corrected chi connectivity index (χ3v) is 7.23. The zero-order valence-corrected chi connectivity index (χ0v) is 19.7. The number of rotatable bonds is 6. The van der Waals surface area contributed by atoms with Crippen molar-refractivity contribution in [3.63, 3.8) is 0 Å². The van der Waals surface area contributed by atoms with Crippen LogP contribution < -0.4 is 4.74 Å². The Morgan fingerprint density at radius 2 is 1.69 bits per heavy atom. The van der Waals surface area contributed by atoms with E-state index in [4.69, 9.17) is 9.84 Å². The van der Waals surface area contributed by atoms with Crippen LogP contribution in [-0.2, 0) is 17.5 Å². The molecular formula is C26H29F6NO3. The molecule has 4 nitrogen and oxygen atoms in total. The van der Waals surface area contributed by atoms with Gasteiger partial charge in [-0.05, 0) is 79.5 Å². The van der Waals surface area contributed by atoms with Crippen LogP contribution in [0.4, 0.5) is 26.3 Å². The van der Waals surface area contributed by atoms with Crippen LogP contribution in [0.3, 0.4) is 0 Å². The first kappa shape index (κ1) is 26.6. The number of halogens is 6. The van der Waals surface area contributed by atoms with Gasteiger partial charge in [0.05, 0.1) is 12.0 Å². The molecule has 1 saturated heterocycles. The van der Waals surface area contributed by atoms with Crippen molar-refractivity contribution in [3.8, 4) is 5.75 Å². The lowest BCUT2D eigenvalue weighted by atomic mass is 9.87. The van der Waals surface area contributed by atoms with Crippen molar-refractivity contribution in [2.24, 2.45) is 11.8 Å². The Kier molecular flexibility index (Phi) is 7.73. The number of piperidine rings is 1. The first-order valence-corrected chi connectivity index (χ1v) is 12.2. The first-order chi connectivity index (χ1) is 16.9. The summed E-state index contributed by atoms with van der Waals surface area (Å²) >= 11 is 0. The highest BCUT2D eigenvalue weighted by molar-refractivity contribution is 5.89. The fourth-order valence-electron chi connectivity index (χ4n) is 5.49. The van der Waals surface area contributed by atoms with E-state index in [1.165, 1.54) is 18.2 Å². The highest BCUT2D eigenvalue weighted by Crippen LogP contribution is 2.44. The molecule has 198 valence electrons. The van der Waals surface area contributed by atoms with Crippen molar-refractivity contribution in [3.05, 3.63) is 41.5 Å². The van der Waals surface area contributed by atoms with E-state index in [2.05, 4.69) is 4.90 Å². The Labute approximate surface area is 205 Å². The number of carboxylic acids is 1. The summed E-state index contributed by atoms with van der Waals surface area (Å²) in [4.78, 5) is 13.1. The minimum Gasteiger partial charge on any atom is -0.490 e. The highest BCUT2D eigenvalue weighted by atomic mass is 19.4. The number of hydrogen-bond acceptors (Lipinski definition) is 3. The maximum Gasteiger partial charge on any atom is 0.420 e. The van der Waals surface area contributed by atoms with E-state index in [0.29, 0.717) is 24.0 Å². The smallest absolute Gasteiger partial charge is 0.420 e. The molecule has 0 amide bonds. The predicted molar refractivity (Wildman–Crippen MR) is 122 cm³/mol. The van der Waals surface area contributed by atoms with Crippen LogP contribution in [0.25, 0.3) is 10.8 Å². The van der Waals surface area contributed by atoms with Crippen LogP contribution in [0.2, 0.25) is 0 Å². The van der Waals surface area contributed by atoms with Gasteiger partial charge in [0.25, 0.3) is 0 Å². The number of ether oxygens (including phenoxy) is 1. The van der Waals surface area contributed by atoms with Gasteiger partial charge in [0, 0.05) is 19.5 Å². The number of likely N-dealkylation sites (tertiary alicyclic amines) is 1. The lowest BCUT2D eigenvalue weighted by molar-refractivity contribution is -0.185. The van der Waals surface area contributed by atoms with Gasteiger partial charge in [-0.3, -0.25) is 9.69 Å². The van der Waals surface area contributed by atoms with Crippen molar-refractivity contribution in [2.75, 3.05) is 13.1 Å². The monoisotopic (exact) mass is 517 g/mol. The Morgan fingerprint density at radius 3 is 2.33 bits per heavy atom. The van der Waals surface area contributed by atoms with Crippen molar-refractivity contribution < 1.29 is 41.0 Å². The van der Waals surface area contributed by atoms with Crippen LogP contribution in [0.15, 0.2) is 30.3 Å². The average Bonchev–Trinajstić information content (AvgIpc) is 2.77. The van der Waals surface area contributed by atoms with Crippen LogP contribution in [0.5, 0.6) is 5.75 Å². The normalized spacial score (nSPS) is 24.1.